The van der Waals surface area contributed by atoms with Gasteiger partial charge in [0.05, 0.1) is 26.2 Å². The molecule has 7 heteroatoms. The fraction of sp³-hybridized carbons (Fsp3) is 0.250. The topological polar surface area (TPSA) is 69.7 Å². The van der Waals surface area contributed by atoms with Crippen molar-refractivity contribution in [3.05, 3.63) is 29.3 Å². The number of rotatable bonds is 5. The number of esters is 1. The van der Waals surface area contributed by atoms with E-state index in [-0.39, 0.29) is 0 Å². The van der Waals surface area contributed by atoms with E-state index in [4.69, 9.17) is 0 Å². The lowest BCUT2D eigenvalue weighted by Gasteiger charge is -2.07. The molecule has 0 saturated carbocycles. The van der Waals surface area contributed by atoms with Gasteiger partial charge in [-0.15, -0.1) is 0 Å². The summed E-state index contributed by atoms with van der Waals surface area (Å²) < 4.78 is 35.4. The molecule has 0 aromatic heterocycles. The highest BCUT2D eigenvalue weighted by Gasteiger charge is 2.24. The lowest BCUT2D eigenvalue weighted by molar-refractivity contribution is -0.151. The van der Waals surface area contributed by atoms with Gasteiger partial charge in [0.2, 0.25) is 5.78 Å². The van der Waals surface area contributed by atoms with Crippen LogP contribution in [0.3, 0.4) is 0 Å². The average Bonchev–Trinajstić information content (AvgIpc) is 2.38. The summed E-state index contributed by atoms with van der Waals surface area (Å²) in [5.74, 6) is -6.21. The van der Waals surface area contributed by atoms with Crippen LogP contribution in [0.15, 0.2) is 12.1 Å². The van der Waals surface area contributed by atoms with Gasteiger partial charge in [0.15, 0.2) is 23.2 Å². The van der Waals surface area contributed by atoms with E-state index in [1.165, 1.54) is 0 Å². The predicted molar refractivity (Wildman–Crippen MR) is 58.9 cm³/mol. The molecule has 0 spiro atoms. The van der Waals surface area contributed by atoms with Crippen LogP contribution in [0.25, 0.3) is 0 Å². The van der Waals surface area contributed by atoms with Crippen molar-refractivity contribution < 1.29 is 32.6 Å². The fourth-order valence-electron chi connectivity index (χ4n) is 1.36. The highest BCUT2D eigenvalue weighted by molar-refractivity contribution is 6.38. The zero-order valence-corrected chi connectivity index (χ0v) is 10.2. The van der Waals surface area contributed by atoms with Crippen LogP contribution < -0.4 is 4.74 Å². The number of carbonyl (C=O) groups is 3. The molecule has 0 aliphatic heterocycles. The third-order valence-corrected chi connectivity index (χ3v) is 2.29. The quantitative estimate of drug-likeness (QED) is 0.349. The standard InChI is InChI=1S/C12H10F2O5/c1-18-11-7(13)4-3-6(10(11)14)8(15)5-9(16)12(17)19-2/h3-4H,5H2,1-2H3. The summed E-state index contributed by atoms with van der Waals surface area (Å²) >= 11 is 0. The molecule has 0 N–H and O–H groups in total. The first kappa shape index (κ1) is 14.7. The Bertz CT molecular complexity index is 539. The van der Waals surface area contributed by atoms with Gasteiger partial charge in [-0.2, -0.15) is 0 Å². The third-order valence-electron chi connectivity index (χ3n) is 2.29. The molecule has 19 heavy (non-hydrogen) atoms. The van der Waals surface area contributed by atoms with E-state index in [0.717, 1.165) is 26.4 Å². The molecule has 0 radical (unpaired) electrons. The van der Waals surface area contributed by atoms with E-state index < -0.39 is 46.9 Å². The lowest BCUT2D eigenvalue weighted by Crippen LogP contribution is -2.20. The largest absolute Gasteiger partial charge is 0.491 e. The third kappa shape index (κ3) is 3.12. The Morgan fingerprint density at radius 1 is 1.16 bits per heavy atom. The fourth-order valence-corrected chi connectivity index (χ4v) is 1.36. The number of methoxy groups -OCH3 is 2. The van der Waals surface area contributed by atoms with E-state index in [9.17, 15) is 23.2 Å². The molecule has 0 amide bonds. The van der Waals surface area contributed by atoms with Gasteiger partial charge in [0.25, 0.3) is 0 Å². The van der Waals surface area contributed by atoms with Gasteiger partial charge in [0.1, 0.15) is 0 Å². The van der Waals surface area contributed by atoms with Gasteiger partial charge in [-0.05, 0) is 12.1 Å². The maximum atomic E-state index is 13.7. The molecule has 0 bridgehead atoms. The van der Waals surface area contributed by atoms with Gasteiger partial charge in [-0.3, -0.25) is 9.59 Å². The smallest absolute Gasteiger partial charge is 0.374 e. The van der Waals surface area contributed by atoms with Crippen LogP contribution in [0.5, 0.6) is 5.75 Å². The molecule has 102 valence electrons. The van der Waals surface area contributed by atoms with E-state index in [1.807, 2.05) is 0 Å². The van der Waals surface area contributed by atoms with Crippen LogP contribution >= 0.6 is 0 Å². The maximum absolute atomic E-state index is 13.7. The molecule has 1 rings (SSSR count). The van der Waals surface area contributed by atoms with Gasteiger partial charge >= 0.3 is 5.97 Å². The average molecular weight is 272 g/mol. The first-order valence-corrected chi connectivity index (χ1v) is 5.08. The second kappa shape index (κ2) is 6.03. The molecule has 5 nitrogen and oxygen atoms in total. The van der Waals surface area contributed by atoms with Crippen molar-refractivity contribution in [3.8, 4) is 5.75 Å². The molecule has 0 aliphatic rings. The molecule has 0 atom stereocenters. The van der Waals surface area contributed by atoms with Crippen molar-refractivity contribution in [3.63, 3.8) is 0 Å². The van der Waals surface area contributed by atoms with Gasteiger partial charge in [0, 0.05) is 0 Å². The first-order chi connectivity index (χ1) is 8.92. The minimum Gasteiger partial charge on any atom is -0.491 e. The Labute approximate surface area is 107 Å². The number of halogens is 2. The monoisotopic (exact) mass is 272 g/mol. The summed E-state index contributed by atoms with van der Waals surface area (Å²) in [5, 5.41) is 0. The first-order valence-electron chi connectivity index (χ1n) is 5.08. The lowest BCUT2D eigenvalue weighted by atomic mass is 10.0. The predicted octanol–water partition coefficient (Wildman–Crippen LogP) is 1.29. The summed E-state index contributed by atoms with van der Waals surface area (Å²) in [6.45, 7) is 0. The van der Waals surface area contributed by atoms with Crippen molar-refractivity contribution in [1.29, 1.82) is 0 Å². The Kier molecular flexibility index (Phi) is 4.68. The minimum absolute atomic E-state index is 0.532. The molecule has 1 aromatic rings. The number of ether oxygens (including phenoxy) is 2. The minimum atomic E-state index is -1.22. The molecule has 0 saturated heterocycles. The van der Waals surface area contributed by atoms with Crippen LogP contribution in [0.1, 0.15) is 16.8 Å². The number of hydrogen-bond acceptors (Lipinski definition) is 5. The summed E-state index contributed by atoms with van der Waals surface area (Å²) in [6, 6.07) is 1.71. The number of Topliss-reactive ketones (excluding diaryl/α,β-unsaturated/α-hetero) is 2. The second-order valence-corrected chi connectivity index (χ2v) is 3.46. The molecule has 0 fully saturated rings. The number of ketones is 2. The number of hydrogen-bond donors (Lipinski definition) is 0. The summed E-state index contributed by atoms with van der Waals surface area (Å²) in [7, 11) is 2.02. The van der Waals surface area contributed by atoms with Crippen LogP contribution in [0, 0.1) is 11.6 Å². The summed E-state index contributed by atoms with van der Waals surface area (Å²) in [6.07, 6.45) is -0.863. The highest BCUT2D eigenvalue weighted by Crippen LogP contribution is 2.25. The summed E-state index contributed by atoms with van der Waals surface area (Å²) in [4.78, 5) is 33.6. The van der Waals surface area contributed by atoms with Gasteiger partial charge < -0.3 is 9.47 Å². The second-order valence-electron chi connectivity index (χ2n) is 3.46. The van der Waals surface area contributed by atoms with Crippen LogP contribution in [-0.4, -0.2) is 31.8 Å². The number of benzene rings is 1. The molecular weight excluding hydrogens is 262 g/mol. The Morgan fingerprint density at radius 2 is 1.79 bits per heavy atom. The van der Waals surface area contributed by atoms with E-state index >= 15 is 0 Å². The van der Waals surface area contributed by atoms with E-state index in [1.54, 1.807) is 0 Å². The highest BCUT2D eigenvalue weighted by atomic mass is 19.1. The van der Waals surface area contributed by atoms with E-state index in [2.05, 4.69) is 9.47 Å². The van der Waals surface area contributed by atoms with Gasteiger partial charge in [-0.25, -0.2) is 13.6 Å². The Morgan fingerprint density at radius 3 is 2.32 bits per heavy atom. The Balaban J connectivity index is 3.01. The SMILES string of the molecule is COC(=O)C(=O)CC(=O)c1ccc(F)c(OC)c1F. The zero-order valence-electron chi connectivity index (χ0n) is 10.2. The molecule has 0 heterocycles. The van der Waals surface area contributed by atoms with Crippen molar-refractivity contribution >= 4 is 17.5 Å². The Hall–Kier alpha value is -2.31. The maximum Gasteiger partial charge on any atom is 0.374 e. The molecule has 0 aliphatic carbocycles. The van der Waals surface area contributed by atoms with Crippen molar-refractivity contribution in [1.82, 2.24) is 0 Å². The molecule has 1 aromatic carbocycles. The van der Waals surface area contributed by atoms with E-state index in [0.29, 0.717) is 0 Å². The van der Waals surface area contributed by atoms with Crippen LogP contribution in [0.2, 0.25) is 0 Å². The van der Waals surface area contributed by atoms with Crippen molar-refractivity contribution in [2.45, 2.75) is 6.42 Å². The normalized spacial score (nSPS) is 9.89. The van der Waals surface area contributed by atoms with Crippen LogP contribution in [-0.2, 0) is 14.3 Å². The molecular formula is C12H10F2O5. The van der Waals surface area contributed by atoms with Crippen molar-refractivity contribution in [2.24, 2.45) is 0 Å². The molecule has 0 unspecified atom stereocenters. The van der Waals surface area contributed by atoms with Crippen LogP contribution in [0.4, 0.5) is 8.78 Å². The number of carbonyl (C=O) groups excluding carboxylic acids is 3. The van der Waals surface area contributed by atoms with Crippen molar-refractivity contribution in [2.75, 3.05) is 14.2 Å². The zero-order chi connectivity index (χ0) is 14.6. The summed E-state index contributed by atoms with van der Waals surface area (Å²) in [5.41, 5.74) is -0.532. The van der Waals surface area contributed by atoms with Gasteiger partial charge in [-0.1, -0.05) is 0 Å².